The Hall–Kier alpha value is -0.860. The van der Waals surface area contributed by atoms with Gasteiger partial charge in [-0.15, -0.1) is 0 Å². The molecule has 20 heavy (non-hydrogen) atoms. The summed E-state index contributed by atoms with van der Waals surface area (Å²) >= 11 is 0. The molecule has 0 aromatic heterocycles. The first-order valence-corrected chi connectivity index (χ1v) is 8.29. The predicted octanol–water partition coefficient (Wildman–Crippen LogP) is 3.21. The monoisotopic (exact) mass is 272 g/mol. The minimum Gasteiger partial charge on any atom is -0.314 e. The molecule has 1 aromatic carbocycles. The Morgan fingerprint density at radius 3 is 2.35 bits per heavy atom. The molecule has 0 heterocycles. The molecule has 0 bridgehead atoms. The maximum Gasteiger partial charge on any atom is 0.0230 e. The molecule has 2 nitrogen and oxygen atoms in total. The maximum atomic E-state index is 3.58. The summed E-state index contributed by atoms with van der Waals surface area (Å²) in [5.41, 5.74) is 2.91. The van der Waals surface area contributed by atoms with Gasteiger partial charge in [0.15, 0.2) is 0 Å². The first-order chi connectivity index (χ1) is 9.79. The molecule has 2 aliphatic rings. The van der Waals surface area contributed by atoms with E-state index in [1.807, 2.05) is 0 Å². The summed E-state index contributed by atoms with van der Waals surface area (Å²) in [5, 5.41) is 3.58. The molecule has 0 spiro atoms. The van der Waals surface area contributed by atoms with Crippen LogP contribution in [-0.4, -0.2) is 31.1 Å². The fraction of sp³-hybridized carbons (Fsp3) is 0.667. The Labute approximate surface area is 123 Å². The van der Waals surface area contributed by atoms with E-state index in [1.54, 1.807) is 0 Å². The van der Waals surface area contributed by atoms with Crippen LogP contribution in [0.1, 0.15) is 43.2 Å². The van der Waals surface area contributed by atoms with Gasteiger partial charge in [0.1, 0.15) is 0 Å². The third-order valence-electron chi connectivity index (χ3n) is 4.69. The van der Waals surface area contributed by atoms with Crippen molar-refractivity contribution in [2.75, 3.05) is 20.1 Å². The van der Waals surface area contributed by atoms with Crippen LogP contribution in [-0.2, 0) is 13.0 Å². The van der Waals surface area contributed by atoms with E-state index >= 15 is 0 Å². The summed E-state index contributed by atoms with van der Waals surface area (Å²) in [5.74, 6) is 0.966. The van der Waals surface area contributed by atoms with Gasteiger partial charge in [-0.25, -0.2) is 0 Å². The number of nitrogens with one attached hydrogen (secondary N) is 1. The van der Waals surface area contributed by atoms with Gasteiger partial charge in [0.2, 0.25) is 0 Å². The van der Waals surface area contributed by atoms with Gasteiger partial charge < -0.3 is 10.2 Å². The molecule has 0 atom stereocenters. The third kappa shape index (κ3) is 4.32. The van der Waals surface area contributed by atoms with Gasteiger partial charge in [0, 0.05) is 19.1 Å². The van der Waals surface area contributed by atoms with Gasteiger partial charge in [-0.1, -0.05) is 30.7 Å². The highest BCUT2D eigenvalue weighted by molar-refractivity contribution is 5.22. The highest BCUT2D eigenvalue weighted by Gasteiger charge is 2.20. The Morgan fingerprint density at radius 1 is 1.05 bits per heavy atom. The van der Waals surface area contributed by atoms with Gasteiger partial charge in [0.25, 0.3) is 0 Å². The van der Waals surface area contributed by atoms with E-state index in [2.05, 4.69) is 41.5 Å². The second-order valence-corrected chi connectivity index (χ2v) is 6.79. The molecular weight excluding hydrogens is 244 g/mol. The van der Waals surface area contributed by atoms with E-state index in [0.29, 0.717) is 0 Å². The summed E-state index contributed by atoms with van der Waals surface area (Å²) in [6.07, 6.45) is 8.25. The molecule has 0 amide bonds. The minimum atomic E-state index is 0.828. The van der Waals surface area contributed by atoms with Crippen molar-refractivity contribution < 1.29 is 0 Å². The van der Waals surface area contributed by atoms with Crippen molar-refractivity contribution in [3.63, 3.8) is 0 Å². The first-order valence-electron chi connectivity index (χ1n) is 8.29. The van der Waals surface area contributed by atoms with Gasteiger partial charge in [-0.05, 0) is 62.7 Å². The van der Waals surface area contributed by atoms with Crippen LogP contribution in [0.3, 0.4) is 0 Å². The van der Waals surface area contributed by atoms with Crippen molar-refractivity contribution in [1.29, 1.82) is 0 Å². The standard InChI is InChI=1S/C18H28N2/c1-20(13-16-3-2-4-16)14-17-7-5-15(6-8-17)11-12-19-18-9-10-18/h5-8,16,18-19H,2-4,9-14H2,1H3. The smallest absolute Gasteiger partial charge is 0.0230 e. The molecule has 110 valence electrons. The summed E-state index contributed by atoms with van der Waals surface area (Å²) < 4.78 is 0. The van der Waals surface area contributed by atoms with Crippen molar-refractivity contribution >= 4 is 0 Å². The Bertz CT molecular complexity index is 404. The lowest BCUT2D eigenvalue weighted by Gasteiger charge is -2.30. The quantitative estimate of drug-likeness (QED) is 0.782. The van der Waals surface area contributed by atoms with Gasteiger partial charge >= 0.3 is 0 Å². The number of nitrogens with zero attached hydrogens (tertiary/aromatic N) is 1. The molecule has 2 fully saturated rings. The zero-order chi connectivity index (χ0) is 13.8. The molecule has 2 aliphatic carbocycles. The fourth-order valence-electron chi connectivity index (χ4n) is 3.01. The summed E-state index contributed by atoms with van der Waals surface area (Å²) in [7, 11) is 2.26. The van der Waals surface area contributed by atoms with Crippen LogP contribution in [0.15, 0.2) is 24.3 Å². The number of benzene rings is 1. The molecule has 1 N–H and O–H groups in total. The van der Waals surface area contributed by atoms with Crippen molar-refractivity contribution in [2.45, 2.75) is 51.1 Å². The lowest BCUT2D eigenvalue weighted by atomic mass is 9.85. The lowest BCUT2D eigenvalue weighted by molar-refractivity contribution is 0.200. The molecule has 0 unspecified atom stereocenters. The van der Waals surface area contributed by atoms with Crippen molar-refractivity contribution in [1.82, 2.24) is 10.2 Å². The van der Waals surface area contributed by atoms with E-state index in [0.717, 1.165) is 31.5 Å². The van der Waals surface area contributed by atoms with Crippen LogP contribution in [0, 0.1) is 5.92 Å². The van der Waals surface area contributed by atoms with Crippen LogP contribution < -0.4 is 5.32 Å². The molecule has 3 rings (SSSR count). The van der Waals surface area contributed by atoms with Crippen LogP contribution in [0.5, 0.6) is 0 Å². The fourth-order valence-corrected chi connectivity index (χ4v) is 3.01. The summed E-state index contributed by atoms with van der Waals surface area (Å²) in [6.45, 7) is 3.50. The maximum absolute atomic E-state index is 3.58. The summed E-state index contributed by atoms with van der Waals surface area (Å²) in [6, 6.07) is 10.1. The average Bonchev–Trinajstić information content (AvgIpc) is 3.20. The van der Waals surface area contributed by atoms with Gasteiger partial charge in [0.05, 0.1) is 0 Å². The number of hydrogen-bond acceptors (Lipinski definition) is 2. The lowest BCUT2D eigenvalue weighted by Crippen LogP contribution is -2.29. The van der Waals surface area contributed by atoms with Crippen molar-refractivity contribution in [3.8, 4) is 0 Å². The summed E-state index contributed by atoms with van der Waals surface area (Å²) in [4.78, 5) is 2.48. The minimum absolute atomic E-state index is 0.828. The number of rotatable bonds is 8. The van der Waals surface area contributed by atoms with Crippen LogP contribution >= 0.6 is 0 Å². The normalized spacial score (nSPS) is 19.3. The van der Waals surface area contributed by atoms with Gasteiger partial charge in [-0.2, -0.15) is 0 Å². The third-order valence-corrected chi connectivity index (χ3v) is 4.69. The topological polar surface area (TPSA) is 15.3 Å². The highest BCUT2D eigenvalue weighted by atomic mass is 15.1. The van der Waals surface area contributed by atoms with E-state index < -0.39 is 0 Å². The van der Waals surface area contributed by atoms with Crippen molar-refractivity contribution in [2.24, 2.45) is 5.92 Å². The van der Waals surface area contributed by atoms with Crippen LogP contribution in [0.4, 0.5) is 0 Å². The van der Waals surface area contributed by atoms with E-state index in [9.17, 15) is 0 Å². The van der Waals surface area contributed by atoms with Crippen LogP contribution in [0.25, 0.3) is 0 Å². The Kier molecular flexibility index (Phi) is 4.74. The van der Waals surface area contributed by atoms with E-state index in [-0.39, 0.29) is 0 Å². The number of hydrogen-bond donors (Lipinski definition) is 1. The SMILES string of the molecule is CN(Cc1ccc(CCNC2CC2)cc1)CC1CCC1. The second-order valence-electron chi connectivity index (χ2n) is 6.79. The molecule has 0 radical (unpaired) electrons. The molecule has 2 heteroatoms. The molecular formula is C18H28N2. The largest absolute Gasteiger partial charge is 0.314 e. The van der Waals surface area contributed by atoms with E-state index in [1.165, 1.54) is 49.8 Å². The molecule has 0 aliphatic heterocycles. The van der Waals surface area contributed by atoms with E-state index in [4.69, 9.17) is 0 Å². The molecule has 1 aromatic rings. The zero-order valence-corrected chi connectivity index (χ0v) is 12.8. The highest BCUT2D eigenvalue weighted by Crippen LogP contribution is 2.27. The molecule has 2 saturated carbocycles. The Morgan fingerprint density at radius 2 is 1.75 bits per heavy atom. The van der Waals surface area contributed by atoms with Gasteiger partial charge in [-0.3, -0.25) is 0 Å². The zero-order valence-electron chi connectivity index (χ0n) is 12.8. The second kappa shape index (κ2) is 6.73. The predicted molar refractivity (Wildman–Crippen MR) is 84.8 cm³/mol. The first kappa shape index (κ1) is 14.1. The average molecular weight is 272 g/mol. The van der Waals surface area contributed by atoms with Crippen LogP contribution in [0.2, 0.25) is 0 Å². The molecule has 0 saturated heterocycles. The van der Waals surface area contributed by atoms with Crippen molar-refractivity contribution in [3.05, 3.63) is 35.4 Å². The Balaban J connectivity index is 1.40.